The number of rotatable bonds is 4. The second kappa shape index (κ2) is 6.29. The summed E-state index contributed by atoms with van der Waals surface area (Å²) in [5.41, 5.74) is 2.22. The highest BCUT2D eigenvalue weighted by Gasteiger charge is 2.26. The predicted molar refractivity (Wildman–Crippen MR) is 84.8 cm³/mol. The van der Waals surface area contributed by atoms with Crippen LogP contribution in [0.4, 0.5) is 5.82 Å². The number of amidine groups is 1. The van der Waals surface area contributed by atoms with Crippen molar-refractivity contribution in [2.24, 2.45) is 4.99 Å². The maximum Gasteiger partial charge on any atom is 0.339 e. The summed E-state index contributed by atoms with van der Waals surface area (Å²) in [4.78, 5) is 22.8. The van der Waals surface area contributed by atoms with Gasteiger partial charge < -0.3 is 9.64 Å². The van der Waals surface area contributed by atoms with Gasteiger partial charge >= 0.3 is 5.97 Å². The Morgan fingerprint density at radius 2 is 2.00 bits per heavy atom. The first-order valence-electron chi connectivity index (χ1n) is 7.33. The van der Waals surface area contributed by atoms with E-state index in [4.69, 9.17) is 4.74 Å². The van der Waals surface area contributed by atoms with Crippen LogP contribution in [0.2, 0.25) is 0 Å². The third-order valence-electron chi connectivity index (χ3n) is 3.29. The summed E-state index contributed by atoms with van der Waals surface area (Å²) in [5.74, 6) is 0.309. The summed E-state index contributed by atoms with van der Waals surface area (Å²) >= 11 is 0. The van der Waals surface area contributed by atoms with Gasteiger partial charge in [-0.1, -0.05) is 0 Å². The van der Waals surface area contributed by atoms with Crippen LogP contribution in [0.3, 0.4) is 0 Å². The highest BCUT2D eigenvalue weighted by molar-refractivity contribution is 6.87. The largest absolute Gasteiger partial charge is 0.462 e. The molecule has 21 heavy (non-hydrogen) atoms. The summed E-state index contributed by atoms with van der Waals surface area (Å²) < 4.78 is 5.00. The molecule has 1 aromatic heterocycles. The number of carbonyl (C=O) groups is 1. The molecule has 111 valence electrons. The molecule has 0 saturated heterocycles. The van der Waals surface area contributed by atoms with Gasteiger partial charge in [-0.2, -0.15) is 0 Å². The van der Waals surface area contributed by atoms with Crippen molar-refractivity contribution in [1.82, 2.24) is 9.88 Å². The lowest BCUT2D eigenvalue weighted by Gasteiger charge is -2.32. The van der Waals surface area contributed by atoms with Crippen molar-refractivity contribution in [3.63, 3.8) is 0 Å². The maximum absolute atomic E-state index is 11.8. The molecule has 0 spiro atoms. The zero-order valence-corrected chi connectivity index (χ0v) is 13.3. The van der Waals surface area contributed by atoms with Gasteiger partial charge in [-0.05, 0) is 46.1 Å². The average Bonchev–Trinajstić information content (AvgIpc) is 2.79. The number of carbonyl (C=O) groups excluding carboxylic acids is 1. The third-order valence-corrected chi connectivity index (χ3v) is 3.29. The van der Waals surface area contributed by atoms with Gasteiger partial charge in [0.05, 0.1) is 17.9 Å². The molecule has 6 heteroatoms. The molecular formula is C15H21BN3O2. The van der Waals surface area contributed by atoms with E-state index in [0.29, 0.717) is 30.1 Å². The van der Waals surface area contributed by atoms with Gasteiger partial charge in [0.1, 0.15) is 5.82 Å². The molecule has 0 unspecified atom stereocenters. The molecule has 0 fully saturated rings. The first kappa shape index (κ1) is 15.5. The van der Waals surface area contributed by atoms with Crippen LogP contribution in [0.25, 0.3) is 0 Å². The average molecular weight is 286 g/mol. The topological polar surface area (TPSA) is 54.8 Å². The summed E-state index contributed by atoms with van der Waals surface area (Å²) in [6.07, 6.45) is 1.52. The highest BCUT2D eigenvalue weighted by Crippen LogP contribution is 2.17. The van der Waals surface area contributed by atoms with Crippen molar-refractivity contribution < 1.29 is 9.53 Å². The molecule has 5 nitrogen and oxygen atoms in total. The molecule has 2 rings (SSSR count). The smallest absolute Gasteiger partial charge is 0.339 e. The molecule has 0 amide bonds. The van der Waals surface area contributed by atoms with Gasteiger partial charge in [0.15, 0.2) is 0 Å². The van der Waals surface area contributed by atoms with Gasteiger partial charge in [0.25, 0.3) is 0 Å². The number of hydrogen-bond acceptors (Lipinski definition) is 5. The zero-order chi connectivity index (χ0) is 15.6. The van der Waals surface area contributed by atoms with Gasteiger partial charge in [-0.3, -0.25) is 0 Å². The van der Waals surface area contributed by atoms with E-state index < -0.39 is 0 Å². The molecule has 1 aliphatic heterocycles. The van der Waals surface area contributed by atoms with Crippen molar-refractivity contribution in [2.45, 2.75) is 46.7 Å². The van der Waals surface area contributed by atoms with Gasteiger partial charge in [-0.15, -0.1) is 0 Å². The first-order valence-corrected chi connectivity index (χ1v) is 7.33. The summed E-state index contributed by atoms with van der Waals surface area (Å²) in [5, 5.41) is 0. The summed E-state index contributed by atoms with van der Waals surface area (Å²) in [6.45, 7) is 10.7. The Labute approximate surface area is 126 Å². The molecule has 0 aliphatic carbocycles. The van der Waals surface area contributed by atoms with Crippen LogP contribution >= 0.6 is 0 Å². The zero-order valence-electron chi connectivity index (χ0n) is 13.3. The number of pyridine rings is 1. The van der Waals surface area contributed by atoms with Crippen LogP contribution in [-0.4, -0.2) is 47.6 Å². The standard InChI is InChI=1S/C15H21BN3O2/c1-6-21-14(20)11-7-12-13(17-8-11)18-15(16-12)19(9(2)3)10(4)5/h7-10H,6H2,1-5H3. The van der Waals surface area contributed by atoms with Crippen LogP contribution in [0.1, 0.15) is 45.0 Å². The number of esters is 1. The van der Waals surface area contributed by atoms with Crippen molar-refractivity contribution in [3.8, 4) is 0 Å². The van der Waals surface area contributed by atoms with E-state index in [1.807, 2.05) is 7.28 Å². The minimum atomic E-state index is -0.348. The van der Waals surface area contributed by atoms with Crippen LogP contribution in [0.15, 0.2) is 17.3 Å². The summed E-state index contributed by atoms with van der Waals surface area (Å²) in [7, 11) is 1.98. The first-order chi connectivity index (χ1) is 9.93. The number of aromatic nitrogens is 1. The Balaban J connectivity index is 2.22. The number of fused-ring (bicyclic) bond motifs is 1. The Hall–Kier alpha value is -1.85. The lowest BCUT2D eigenvalue weighted by Crippen LogP contribution is -2.45. The van der Waals surface area contributed by atoms with E-state index >= 15 is 0 Å². The van der Waals surface area contributed by atoms with Crippen molar-refractivity contribution in [2.75, 3.05) is 6.61 Å². The number of nitrogens with zero attached hydrogens (tertiary/aromatic N) is 3. The minimum absolute atomic E-state index is 0.346. The fourth-order valence-corrected chi connectivity index (χ4v) is 2.54. The van der Waals surface area contributed by atoms with Crippen molar-refractivity contribution in [3.05, 3.63) is 17.8 Å². The normalized spacial score (nSPS) is 13.0. The van der Waals surface area contributed by atoms with Gasteiger partial charge in [0.2, 0.25) is 7.28 Å². The second-order valence-corrected chi connectivity index (χ2v) is 5.57. The van der Waals surface area contributed by atoms with Crippen molar-refractivity contribution >= 4 is 30.3 Å². The monoisotopic (exact) mass is 286 g/mol. The van der Waals surface area contributed by atoms with Crippen LogP contribution in [0.5, 0.6) is 0 Å². The Morgan fingerprint density at radius 1 is 1.33 bits per heavy atom. The van der Waals surface area contributed by atoms with E-state index in [9.17, 15) is 4.79 Å². The van der Waals surface area contributed by atoms with E-state index in [1.165, 1.54) is 6.20 Å². The molecule has 0 saturated carbocycles. The molecule has 0 bridgehead atoms. The molecule has 0 N–H and O–H groups in total. The van der Waals surface area contributed by atoms with Crippen LogP contribution in [0, 0.1) is 0 Å². The molecule has 1 radical (unpaired) electrons. The van der Waals surface area contributed by atoms with E-state index in [1.54, 1.807) is 13.0 Å². The number of hydrogen-bond donors (Lipinski definition) is 0. The number of ether oxygens (including phenoxy) is 1. The summed E-state index contributed by atoms with van der Waals surface area (Å²) in [6, 6.07) is 2.48. The fraction of sp³-hybridized carbons (Fsp3) is 0.533. The Morgan fingerprint density at radius 3 is 2.57 bits per heavy atom. The van der Waals surface area contributed by atoms with E-state index in [-0.39, 0.29) is 5.97 Å². The molecule has 0 aromatic carbocycles. The fourth-order valence-electron chi connectivity index (χ4n) is 2.54. The van der Waals surface area contributed by atoms with Crippen LogP contribution < -0.4 is 5.46 Å². The Bertz CT molecular complexity index is 562. The minimum Gasteiger partial charge on any atom is -0.462 e. The lowest BCUT2D eigenvalue weighted by atomic mass is 9.69. The van der Waals surface area contributed by atoms with Gasteiger partial charge in [0, 0.05) is 18.3 Å². The molecular weight excluding hydrogens is 265 g/mol. The van der Waals surface area contributed by atoms with Crippen molar-refractivity contribution in [1.29, 1.82) is 0 Å². The SMILES string of the molecule is CCOC(=O)c1cnc2c(c1)[B]C(N(C(C)C)C(C)C)=N2. The number of aliphatic imine (C=N–C) groups is 1. The van der Waals surface area contributed by atoms with E-state index in [2.05, 4.69) is 42.6 Å². The second-order valence-electron chi connectivity index (χ2n) is 5.57. The lowest BCUT2D eigenvalue weighted by molar-refractivity contribution is 0.0526. The molecule has 1 aromatic rings. The third kappa shape index (κ3) is 3.25. The highest BCUT2D eigenvalue weighted by atomic mass is 16.5. The quantitative estimate of drug-likeness (QED) is 0.624. The molecule has 2 heterocycles. The van der Waals surface area contributed by atoms with E-state index in [0.717, 1.165) is 11.2 Å². The predicted octanol–water partition coefficient (Wildman–Crippen LogP) is 1.71. The Kier molecular flexibility index (Phi) is 4.65. The van der Waals surface area contributed by atoms with Crippen LogP contribution in [-0.2, 0) is 4.74 Å². The van der Waals surface area contributed by atoms with Gasteiger partial charge in [-0.25, -0.2) is 14.8 Å². The maximum atomic E-state index is 11.8. The molecule has 0 atom stereocenters. The molecule has 1 aliphatic rings.